The second kappa shape index (κ2) is 26.2. The Morgan fingerprint density at radius 2 is 0.481 bits per heavy atom. The molecule has 14 aromatic carbocycles. The Labute approximate surface area is 599 Å². The summed E-state index contributed by atoms with van der Waals surface area (Å²) < 4.78 is 0. The molecule has 0 amide bonds. The van der Waals surface area contributed by atoms with Gasteiger partial charge in [0.25, 0.3) is 0 Å². The highest BCUT2D eigenvalue weighted by molar-refractivity contribution is 6.18. The maximum absolute atomic E-state index is 5.39. The molecule has 8 heteroatoms. The van der Waals surface area contributed by atoms with Gasteiger partial charge in [0.2, 0.25) is 0 Å². The summed E-state index contributed by atoms with van der Waals surface area (Å²) in [5.74, 6) is 1.41. The molecule has 0 atom stereocenters. The number of nitrogens with zero attached hydrogens (tertiary/aromatic N) is 8. The van der Waals surface area contributed by atoms with Gasteiger partial charge in [0.15, 0.2) is 11.6 Å². The lowest BCUT2D eigenvalue weighted by molar-refractivity contribution is 1.18. The lowest BCUT2D eigenvalue weighted by atomic mass is 9.94. The van der Waals surface area contributed by atoms with Crippen LogP contribution in [-0.2, 0) is 0 Å². The van der Waals surface area contributed by atoms with Crippen LogP contribution >= 0.6 is 0 Å². The largest absolute Gasteiger partial charge is 0.245 e. The minimum absolute atomic E-state index is 0.697. The van der Waals surface area contributed by atoms with Crippen LogP contribution in [0, 0.1) is 0 Å². The summed E-state index contributed by atoms with van der Waals surface area (Å²) in [5.41, 5.74) is 23.9. The molecule has 0 radical (unpaired) electrons. The fraction of sp³-hybridized carbons (Fsp3) is 0. The number of para-hydroxylation sites is 2. The quantitative estimate of drug-likeness (QED) is 0.0985. The Kier molecular flexibility index (Phi) is 15.4. The molecular formula is C96H60N8. The van der Waals surface area contributed by atoms with Crippen molar-refractivity contribution < 1.29 is 0 Å². The van der Waals surface area contributed by atoms with Gasteiger partial charge in [-0.1, -0.05) is 315 Å². The van der Waals surface area contributed by atoms with E-state index in [1.807, 2.05) is 72.8 Å². The van der Waals surface area contributed by atoms with E-state index in [0.29, 0.717) is 11.6 Å². The molecule has 0 spiro atoms. The molecule has 6 heterocycles. The molecule has 8 nitrogen and oxygen atoms in total. The lowest BCUT2D eigenvalue weighted by Crippen LogP contribution is -1.97. The predicted molar refractivity (Wildman–Crippen MR) is 430 cm³/mol. The maximum Gasteiger partial charge on any atom is 0.160 e. The minimum Gasteiger partial charge on any atom is -0.245 e. The summed E-state index contributed by atoms with van der Waals surface area (Å²) in [6.07, 6.45) is 0. The first-order valence-electron chi connectivity index (χ1n) is 35.0. The number of hydrogen-bond donors (Lipinski definition) is 0. The second-order valence-corrected chi connectivity index (χ2v) is 26.1. The van der Waals surface area contributed by atoms with E-state index >= 15 is 0 Å². The molecular weight excluding hydrogens is 1270 g/mol. The van der Waals surface area contributed by atoms with E-state index in [0.717, 1.165) is 166 Å². The number of hydrogen-bond acceptors (Lipinski definition) is 8. The van der Waals surface area contributed by atoms with Crippen molar-refractivity contribution in [2.24, 2.45) is 0 Å². The summed E-state index contributed by atoms with van der Waals surface area (Å²) in [4.78, 5) is 41.3. The third-order valence-electron chi connectivity index (χ3n) is 19.7. The molecule has 0 N–H and O–H groups in total. The smallest absolute Gasteiger partial charge is 0.160 e. The van der Waals surface area contributed by atoms with E-state index < -0.39 is 0 Å². The SMILES string of the molecule is c1ccc(-c2cc(-c3ccc(-c4ccc5ccc6c(-c7ccccc7)c7ccccc7nc6c5n4)c4ccccc34)nc(-c3ccccc3)n2)cc1.c1ccc(-c2cc(-c3ccc4cc(-c5ccc6ccc7c(-c8ccccc8)c8ccccc8nc7c6n5)ccc4c3)nc(-c3ccccc3)n2)cc1. The van der Waals surface area contributed by atoms with Crippen molar-refractivity contribution in [3.63, 3.8) is 0 Å². The minimum atomic E-state index is 0.697. The monoisotopic (exact) mass is 1320 g/mol. The molecule has 0 saturated carbocycles. The standard InChI is InChI=1S/2C48H30N4/c1-4-14-31(15-5-1)43-30-44(52-48(51-43)34-18-8-3-9-19-34)38-28-27-37(35-20-10-11-21-36(35)38)42-29-25-33-24-26-40-45(32-16-6-2-7-17-32)39-22-12-13-23-41(39)50-47(40)46(33)49-42;1-4-12-31(13-5-1)43-30-44(52-48(51-43)34-16-8-3-9-17-34)38-23-21-35-28-37(22-20-36(35)29-38)41-27-25-33-24-26-40-45(32-14-6-2-7-15-32)39-18-10-11-19-42(39)50-47(40)46(33)49-41/h2*1-30H. The van der Waals surface area contributed by atoms with Gasteiger partial charge in [-0.25, -0.2) is 39.9 Å². The van der Waals surface area contributed by atoms with Crippen LogP contribution in [0.15, 0.2) is 364 Å². The molecule has 0 fully saturated rings. The first-order valence-corrected chi connectivity index (χ1v) is 35.0. The maximum atomic E-state index is 5.39. The molecule has 20 rings (SSSR count). The Balaban J connectivity index is 0.000000143. The van der Waals surface area contributed by atoms with Gasteiger partial charge < -0.3 is 0 Å². The van der Waals surface area contributed by atoms with Gasteiger partial charge >= 0.3 is 0 Å². The Bertz CT molecular complexity index is 6580. The van der Waals surface area contributed by atoms with Crippen LogP contribution in [0.2, 0.25) is 0 Å². The molecule has 20 aromatic rings. The van der Waals surface area contributed by atoms with Crippen LogP contribution in [-0.4, -0.2) is 39.9 Å². The van der Waals surface area contributed by atoms with Crippen LogP contribution in [0.5, 0.6) is 0 Å². The number of rotatable bonds is 10. The van der Waals surface area contributed by atoms with Crippen LogP contribution in [0.1, 0.15) is 0 Å². The lowest BCUT2D eigenvalue weighted by Gasteiger charge is -2.15. The number of fused-ring (bicyclic) bond motifs is 10. The zero-order valence-corrected chi connectivity index (χ0v) is 56.2. The van der Waals surface area contributed by atoms with Crippen LogP contribution in [0.3, 0.4) is 0 Å². The summed E-state index contributed by atoms with van der Waals surface area (Å²) in [5, 5.41) is 11.1. The zero-order chi connectivity index (χ0) is 68.9. The topological polar surface area (TPSA) is 103 Å². The number of benzene rings is 14. The highest BCUT2D eigenvalue weighted by atomic mass is 14.9. The summed E-state index contributed by atoms with van der Waals surface area (Å²) in [6, 6.07) is 126. The Morgan fingerprint density at radius 3 is 0.942 bits per heavy atom. The summed E-state index contributed by atoms with van der Waals surface area (Å²) in [7, 11) is 0. The van der Waals surface area contributed by atoms with Crippen LogP contribution < -0.4 is 0 Å². The van der Waals surface area contributed by atoms with Crippen molar-refractivity contribution in [1.29, 1.82) is 0 Å². The molecule has 0 bridgehead atoms. The fourth-order valence-corrected chi connectivity index (χ4v) is 14.7. The van der Waals surface area contributed by atoms with E-state index in [2.05, 4.69) is 291 Å². The molecule has 0 aliphatic heterocycles. The third kappa shape index (κ3) is 11.3. The highest BCUT2D eigenvalue weighted by Gasteiger charge is 2.21. The van der Waals surface area contributed by atoms with Gasteiger partial charge in [0, 0.05) is 88.0 Å². The van der Waals surface area contributed by atoms with Crippen molar-refractivity contribution >= 4 is 87.0 Å². The molecule has 0 saturated heterocycles. The van der Waals surface area contributed by atoms with Crippen LogP contribution in [0.25, 0.3) is 200 Å². The normalized spacial score (nSPS) is 11.5. The van der Waals surface area contributed by atoms with Gasteiger partial charge in [-0.2, -0.15) is 0 Å². The van der Waals surface area contributed by atoms with Gasteiger partial charge in [-0.05, 0) is 81.2 Å². The van der Waals surface area contributed by atoms with Crippen molar-refractivity contribution in [2.45, 2.75) is 0 Å². The van der Waals surface area contributed by atoms with Crippen molar-refractivity contribution in [3.8, 4) is 113 Å². The van der Waals surface area contributed by atoms with Crippen molar-refractivity contribution in [3.05, 3.63) is 364 Å². The molecule has 104 heavy (non-hydrogen) atoms. The first-order chi connectivity index (χ1) is 51.5. The van der Waals surface area contributed by atoms with E-state index in [1.54, 1.807) is 0 Å². The van der Waals surface area contributed by atoms with Gasteiger partial charge in [0.1, 0.15) is 0 Å². The third-order valence-corrected chi connectivity index (χ3v) is 19.7. The zero-order valence-electron chi connectivity index (χ0n) is 56.2. The molecule has 6 aromatic heterocycles. The van der Waals surface area contributed by atoms with Gasteiger partial charge in [0.05, 0.1) is 67.3 Å². The van der Waals surface area contributed by atoms with E-state index in [9.17, 15) is 0 Å². The Morgan fingerprint density at radius 1 is 0.154 bits per heavy atom. The van der Waals surface area contributed by atoms with Gasteiger partial charge in [-0.15, -0.1) is 0 Å². The molecule has 0 aliphatic rings. The highest BCUT2D eigenvalue weighted by Crippen LogP contribution is 2.43. The van der Waals surface area contributed by atoms with Crippen LogP contribution in [0.4, 0.5) is 0 Å². The molecule has 0 unspecified atom stereocenters. The summed E-state index contributed by atoms with van der Waals surface area (Å²) >= 11 is 0. The number of aromatic nitrogens is 8. The fourth-order valence-electron chi connectivity index (χ4n) is 14.7. The average Bonchev–Trinajstić information content (AvgIpc) is 0.745. The average molecular weight is 1330 g/mol. The second-order valence-electron chi connectivity index (χ2n) is 26.1. The Hall–Kier alpha value is -14.1. The van der Waals surface area contributed by atoms with E-state index in [4.69, 9.17) is 39.9 Å². The van der Waals surface area contributed by atoms with Crippen molar-refractivity contribution in [1.82, 2.24) is 39.9 Å². The van der Waals surface area contributed by atoms with Gasteiger partial charge in [-0.3, -0.25) is 0 Å². The predicted octanol–water partition coefficient (Wildman–Crippen LogP) is 24.4. The van der Waals surface area contributed by atoms with E-state index in [1.165, 1.54) is 22.3 Å². The molecule has 484 valence electrons. The summed E-state index contributed by atoms with van der Waals surface area (Å²) in [6.45, 7) is 0. The van der Waals surface area contributed by atoms with E-state index in [-0.39, 0.29) is 0 Å². The van der Waals surface area contributed by atoms with Crippen molar-refractivity contribution in [2.75, 3.05) is 0 Å². The molecule has 0 aliphatic carbocycles. The first kappa shape index (κ1) is 61.0. The number of pyridine rings is 4.